The molecule has 0 saturated heterocycles. The van der Waals surface area contributed by atoms with Crippen LogP contribution in [-0.2, 0) is 20.7 Å². The van der Waals surface area contributed by atoms with Crippen molar-refractivity contribution in [2.24, 2.45) is 0 Å². The number of phenolic OH excluding ortho intramolecular Hbond substituents is 1. The van der Waals surface area contributed by atoms with Crippen LogP contribution in [-0.4, -0.2) is 62.3 Å². The van der Waals surface area contributed by atoms with Crippen LogP contribution >= 0.6 is 0 Å². The molecule has 0 aliphatic carbocycles. The quantitative estimate of drug-likeness (QED) is 0.735. The van der Waals surface area contributed by atoms with Crippen LogP contribution in [0, 0.1) is 0 Å². The van der Waals surface area contributed by atoms with Crippen molar-refractivity contribution in [3.63, 3.8) is 0 Å². The van der Waals surface area contributed by atoms with E-state index in [2.05, 4.69) is 0 Å². The molecule has 0 radical (unpaired) electrons. The number of ether oxygens (including phenoxy) is 2. The first-order valence-corrected chi connectivity index (χ1v) is 9.89. The van der Waals surface area contributed by atoms with E-state index < -0.39 is 18.0 Å². The molecule has 0 bridgehead atoms. The first-order valence-electron chi connectivity index (χ1n) is 9.89. The molecule has 2 atom stereocenters. The molecule has 2 aromatic carbocycles. The molecule has 1 amide bonds. The minimum Gasteiger partial charge on any atom is -0.508 e. The molecule has 3 rings (SSSR count). The number of hydrogen-bond donors (Lipinski definition) is 1. The van der Waals surface area contributed by atoms with Gasteiger partial charge in [0.25, 0.3) is 5.91 Å². The summed E-state index contributed by atoms with van der Waals surface area (Å²) in [6.45, 7) is 2.40. The van der Waals surface area contributed by atoms with Gasteiger partial charge in [-0.05, 0) is 62.0 Å². The van der Waals surface area contributed by atoms with E-state index in [0.29, 0.717) is 25.3 Å². The van der Waals surface area contributed by atoms with E-state index in [1.807, 2.05) is 43.3 Å². The van der Waals surface area contributed by atoms with Crippen molar-refractivity contribution in [1.29, 1.82) is 0 Å². The van der Waals surface area contributed by atoms with Crippen LogP contribution in [0.25, 0.3) is 0 Å². The zero-order chi connectivity index (χ0) is 21.8. The number of rotatable bonds is 6. The van der Waals surface area contributed by atoms with Crippen LogP contribution < -0.4 is 9.64 Å². The van der Waals surface area contributed by atoms with Gasteiger partial charge in [-0.2, -0.15) is 0 Å². The summed E-state index contributed by atoms with van der Waals surface area (Å²) in [6, 6.07) is 12.4. The summed E-state index contributed by atoms with van der Waals surface area (Å²) in [5.74, 6) is -0.329. The second-order valence-corrected chi connectivity index (χ2v) is 7.72. The van der Waals surface area contributed by atoms with E-state index in [-0.39, 0.29) is 11.7 Å². The van der Waals surface area contributed by atoms with E-state index in [4.69, 9.17) is 9.47 Å². The van der Waals surface area contributed by atoms with Gasteiger partial charge >= 0.3 is 5.97 Å². The molecule has 0 saturated carbocycles. The number of phenols is 1. The van der Waals surface area contributed by atoms with Crippen molar-refractivity contribution >= 4 is 17.6 Å². The number of likely N-dealkylation sites (N-methyl/N-ethyl adjacent to an activating group) is 1. The Morgan fingerprint density at radius 2 is 1.90 bits per heavy atom. The van der Waals surface area contributed by atoms with Crippen molar-refractivity contribution in [2.45, 2.75) is 25.4 Å². The summed E-state index contributed by atoms with van der Waals surface area (Å²) >= 11 is 0. The molecule has 1 N–H and O–H groups in total. The molecule has 7 nitrogen and oxygen atoms in total. The van der Waals surface area contributed by atoms with Gasteiger partial charge in [0.2, 0.25) is 0 Å². The zero-order valence-electron chi connectivity index (χ0n) is 17.8. The zero-order valence-corrected chi connectivity index (χ0v) is 17.8. The summed E-state index contributed by atoms with van der Waals surface area (Å²) in [5.41, 5.74) is 2.42. The first-order chi connectivity index (χ1) is 14.3. The van der Waals surface area contributed by atoms with Gasteiger partial charge in [0.05, 0.1) is 7.11 Å². The number of carbonyl (C=O) groups excluding carboxylic acids is 2. The minimum absolute atomic E-state index is 0.133. The van der Waals surface area contributed by atoms with Crippen molar-refractivity contribution < 1.29 is 24.2 Å². The van der Waals surface area contributed by atoms with Crippen molar-refractivity contribution in [2.75, 3.05) is 39.2 Å². The number of esters is 1. The number of methoxy groups -OCH3 is 1. The second-order valence-electron chi connectivity index (χ2n) is 7.72. The number of nitrogens with zero attached hydrogens (tertiary/aromatic N) is 2. The lowest BCUT2D eigenvalue weighted by atomic mass is 9.87. The summed E-state index contributed by atoms with van der Waals surface area (Å²) in [6.07, 6.45) is -0.523. The van der Waals surface area contributed by atoms with E-state index in [1.165, 1.54) is 6.92 Å². The van der Waals surface area contributed by atoms with Gasteiger partial charge in [0.15, 0.2) is 6.10 Å². The monoisotopic (exact) mass is 412 g/mol. The lowest BCUT2D eigenvalue weighted by molar-refractivity contribution is -0.154. The average molecular weight is 412 g/mol. The minimum atomic E-state index is -0.965. The third-order valence-corrected chi connectivity index (χ3v) is 5.28. The molecular formula is C23H28N2O5. The highest BCUT2D eigenvalue weighted by Crippen LogP contribution is 2.38. The number of anilines is 1. The largest absolute Gasteiger partial charge is 0.508 e. The normalized spacial score (nSPS) is 18.7. The Morgan fingerprint density at radius 1 is 1.20 bits per heavy atom. The van der Waals surface area contributed by atoms with Crippen molar-refractivity contribution in [1.82, 2.24) is 4.90 Å². The predicted octanol–water partition coefficient (Wildman–Crippen LogP) is 2.57. The Bertz CT molecular complexity index is 910. The molecule has 0 aromatic heterocycles. The molecule has 160 valence electrons. The Labute approximate surface area is 176 Å². The summed E-state index contributed by atoms with van der Waals surface area (Å²) in [4.78, 5) is 29.1. The van der Waals surface area contributed by atoms with Crippen molar-refractivity contribution in [3.8, 4) is 11.5 Å². The molecule has 7 heteroatoms. The molecule has 0 spiro atoms. The van der Waals surface area contributed by atoms with Gasteiger partial charge in [-0.15, -0.1) is 0 Å². The van der Waals surface area contributed by atoms with Crippen LogP contribution in [0.15, 0.2) is 42.5 Å². The van der Waals surface area contributed by atoms with E-state index in [9.17, 15) is 14.7 Å². The number of hydrogen-bond acceptors (Lipinski definition) is 6. The number of aromatic hydroxyl groups is 1. The van der Waals surface area contributed by atoms with Crippen LogP contribution in [0.3, 0.4) is 0 Å². The Morgan fingerprint density at radius 3 is 2.50 bits per heavy atom. The fraction of sp³-hybridized carbons (Fsp3) is 0.391. The van der Waals surface area contributed by atoms with E-state index in [1.54, 1.807) is 30.2 Å². The molecule has 2 aromatic rings. The molecule has 0 fully saturated rings. The number of benzene rings is 2. The Balaban J connectivity index is 2.09. The Kier molecular flexibility index (Phi) is 6.62. The maximum absolute atomic E-state index is 13.6. The molecule has 1 aliphatic heterocycles. The molecule has 1 heterocycles. The third kappa shape index (κ3) is 4.74. The number of amides is 1. The maximum atomic E-state index is 13.6. The third-order valence-electron chi connectivity index (χ3n) is 5.28. The topological polar surface area (TPSA) is 79.3 Å². The summed E-state index contributed by atoms with van der Waals surface area (Å²) in [7, 11) is 5.46. The number of carbonyl (C=O) groups is 2. The highest BCUT2D eigenvalue weighted by atomic mass is 16.5. The average Bonchev–Trinajstić information content (AvgIpc) is 2.81. The van der Waals surface area contributed by atoms with Gasteiger partial charge in [0, 0.05) is 31.6 Å². The van der Waals surface area contributed by atoms with Gasteiger partial charge in [-0.3, -0.25) is 9.59 Å². The highest BCUT2D eigenvalue weighted by Gasteiger charge is 2.40. The van der Waals surface area contributed by atoms with Gasteiger partial charge in [0.1, 0.15) is 11.5 Å². The van der Waals surface area contributed by atoms with Crippen LogP contribution in [0.2, 0.25) is 0 Å². The van der Waals surface area contributed by atoms with Crippen LogP contribution in [0.4, 0.5) is 5.69 Å². The second kappa shape index (κ2) is 9.17. The van der Waals surface area contributed by atoms with E-state index in [0.717, 1.165) is 16.8 Å². The molecule has 30 heavy (non-hydrogen) atoms. The van der Waals surface area contributed by atoms with E-state index >= 15 is 0 Å². The van der Waals surface area contributed by atoms with Gasteiger partial charge in [-0.25, -0.2) is 0 Å². The smallest absolute Gasteiger partial charge is 0.303 e. The summed E-state index contributed by atoms with van der Waals surface area (Å²) < 4.78 is 10.8. The fourth-order valence-electron chi connectivity index (χ4n) is 3.77. The first kappa shape index (κ1) is 21.6. The standard InChI is InChI=1S/C23H28N2O5/c1-15(26)30-22-20(16-5-8-19(29-4)9-6-16)14-17-13-18(27)7-10-21(17)25(23(22)28)12-11-24(2)3/h5-10,13,20,22,27H,11-12,14H2,1-4H3. The maximum Gasteiger partial charge on any atom is 0.303 e. The van der Waals surface area contributed by atoms with Gasteiger partial charge in [-0.1, -0.05) is 12.1 Å². The highest BCUT2D eigenvalue weighted by molar-refractivity contribution is 6.00. The molecule has 2 unspecified atom stereocenters. The van der Waals surface area contributed by atoms with Crippen molar-refractivity contribution in [3.05, 3.63) is 53.6 Å². The predicted molar refractivity (Wildman–Crippen MR) is 114 cm³/mol. The lowest BCUT2D eigenvalue weighted by Gasteiger charge is -2.29. The fourth-order valence-corrected chi connectivity index (χ4v) is 3.77. The Hall–Kier alpha value is -3.06. The number of fused-ring (bicyclic) bond motifs is 1. The SMILES string of the molecule is COc1ccc(C2Cc3cc(O)ccc3N(CCN(C)C)C(=O)C2OC(C)=O)cc1. The lowest BCUT2D eigenvalue weighted by Crippen LogP contribution is -2.45. The van der Waals surface area contributed by atoms with Crippen LogP contribution in [0.5, 0.6) is 11.5 Å². The summed E-state index contributed by atoms with van der Waals surface area (Å²) in [5, 5.41) is 10.1. The van der Waals surface area contributed by atoms with Gasteiger partial charge < -0.3 is 24.4 Å². The van der Waals surface area contributed by atoms with Crippen LogP contribution in [0.1, 0.15) is 24.0 Å². The molecule has 1 aliphatic rings. The molecular weight excluding hydrogens is 384 g/mol.